The summed E-state index contributed by atoms with van der Waals surface area (Å²) in [7, 11) is 0. The van der Waals surface area contributed by atoms with Gasteiger partial charge in [0, 0.05) is 12.5 Å². The summed E-state index contributed by atoms with van der Waals surface area (Å²) in [6.45, 7) is 2.41. The molecule has 1 heterocycles. The number of unbranched alkanes of at least 4 members (excludes halogenated alkanes) is 1. The van der Waals surface area contributed by atoms with Crippen LogP contribution in [0.1, 0.15) is 49.7 Å². The van der Waals surface area contributed by atoms with Crippen molar-refractivity contribution in [2.45, 2.75) is 56.7 Å². The molecular formula is C26H30N2O6. The number of fused-ring (bicyclic) bond motifs is 3. The third-order valence-corrected chi connectivity index (χ3v) is 6.46. The van der Waals surface area contributed by atoms with E-state index in [2.05, 4.69) is 22.8 Å². The van der Waals surface area contributed by atoms with Crippen LogP contribution in [0.3, 0.4) is 0 Å². The third kappa shape index (κ3) is 5.07. The summed E-state index contributed by atoms with van der Waals surface area (Å²) >= 11 is 0. The molecule has 0 spiro atoms. The molecule has 34 heavy (non-hydrogen) atoms. The highest BCUT2D eigenvalue weighted by atomic mass is 16.5. The smallest absolute Gasteiger partial charge is 0.407 e. The van der Waals surface area contributed by atoms with Crippen molar-refractivity contribution < 1.29 is 29.0 Å². The first-order valence-electron chi connectivity index (χ1n) is 11.8. The van der Waals surface area contributed by atoms with Gasteiger partial charge in [-0.05, 0) is 35.1 Å². The van der Waals surface area contributed by atoms with Gasteiger partial charge in [0.1, 0.15) is 12.6 Å². The Morgan fingerprint density at radius 1 is 1.09 bits per heavy atom. The summed E-state index contributed by atoms with van der Waals surface area (Å²) in [6.07, 6.45) is 0.665. The summed E-state index contributed by atoms with van der Waals surface area (Å²) in [5, 5.41) is 14.7. The van der Waals surface area contributed by atoms with Crippen molar-refractivity contribution in [1.82, 2.24) is 10.6 Å². The normalized spacial score (nSPS) is 19.7. The van der Waals surface area contributed by atoms with Crippen LogP contribution in [0.2, 0.25) is 0 Å². The molecule has 1 saturated heterocycles. The number of carboxylic acids is 1. The number of alkyl carbamates (subject to hydrolysis) is 1. The fraction of sp³-hybridized carbons (Fsp3) is 0.423. The molecule has 1 aliphatic carbocycles. The topological polar surface area (TPSA) is 114 Å². The molecule has 1 aliphatic heterocycles. The number of ether oxygens (including phenoxy) is 2. The van der Waals surface area contributed by atoms with E-state index in [-0.39, 0.29) is 19.1 Å². The Hall–Kier alpha value is -3.39. The molecule has 2 amide bonds. The number of amides is 2. The van der Waals surface area contributed by atoms with Crippen molar-refractivity contribution in [3.05, 3.63) is 59.7 Å². The van der Waals surface area contributed by atoms with Crippen LogP contribution < -0.4 is 10.6 Å². The molecule has 2 aromatic rings. The van der Waals surface area contributed by atoms with Crippen molar-refractivity contribution >= 4 is 18.0 Å². The van der Waals surface area contributed by atoms with E-state index in [1.807, 2.05) is 43.3 Å². The lowest BCUT2D eigenvalue weighted by molar-refractivity contribution is -0.148. The summed E-state index contributed by atoms with van der Waals surface area (Å²) in [5.74, 6) is -1.62. The van der Waals surface area contributed by atoms with Crippen molar-refractivity contribution in [3.63, 3.8) is 0 Å². The molecule has 3 atom stereocenters. The number of benzene rings is 2. The number of hydrogen-bond acceptors (Lipinski definition) is 5. The number of carbonyl (C=O) groups excluding carboxylic acids is 2. The molecule has 2 aliphatic rings. The standard InChI is InChI=1S/C26H30N2O6/c1-2-3-12-22(24(29)27-21-13-14-33-23(21)25(30)31)28-26(32)34-15-20-18-10-6-4-8-16(18)17-9-5-7-11-19(17)20/h4-11,20-23H,2-3,12-15H2,1H3,(H,27,29)(H,28,32)(H,30,31)/t21-,22?,23+/m1/s1. The highest BCUT2D eigenvalue weighted by Crippen LogP contribution is 2.44. The number of aliphatic carboxylic acids is 1. The molecule has 1 unspecified atom stereocenters. The first-order chi connectivity index (χ1) is 16.5. The summed E-state index contributed by atoms with van der Waals surface area (Å²) < 4.78 is 10.8. The van der Waals surface area contributed by atoms with E-state index in [1.165, 1.54) is 0 Å². The van der Waals surface area contributed by atoms with E-state index >= 15 is 0 Å². The molecule has 4 rings (SSSR count). The lowest BCUT2D eigenvalue weighted by atomic mass is 9.98. The SMILES string of the molecule is CCCCC(NC(=O)OCC1c2ccccc2-c2ccccc21)C(=O)N[C@@H]1CCO[C@@H]1C(=O)O. The highest BCUT2D eigenvalue weighted by molar-refractivity contribution is 5.87. The van der Waals surface area contributed by atoms with Crippen molar-refractivity contribution in [2.24, 2.45) is 0 Å². The van der Waals surface area contributed by atoms with E-state index < -0.39 is 36.2 Å². The van der Waals surface area contributed by atoms with Gasteiger partial charge in [-0.2, -0.15) is 0 Å². The van der Waals surface area contributed by atoms with E-state index in [9.17, 15) is 19.5 Å². The molecule has 8 heteroatoms. The van der Waals surface area contributed by atoms with Crippen LogP contribution in [0.15, 0.2) is 48.5 Å². The second-order valence-corrected chi connectivity index (χ2v) is 8.70. The quantitative estimate of drug-likeness (QED) is 0.522. The van der Waals surface area contributed by atoms with E-state index in [1.54, 1.807) is 0 Å². The predicted molar refractivity (Wildman–Crippen MR) is 125 cm³/mol. The molecule has 1 fully saturated rings. The highest BCUT2D eigenvalue weighted by Gasteiger charge is 2.37. The Morgan fingerprint density at radius 2 is 1.74 bits per heavy atom. The van der Waals surface area contributed by atoms with Crippen LogP contribution in [-0.4, -0.2) is 54.5 Å². The minimum Gasteiger partial charge on any atom is -0.479 e. The van der Waals surface area contributed by atoms with Gasteiger partial charge in [0.2, 0.25) is 5.91 Å². The van der Waals surface area contributed by atoms with Crippen LogP contribution in [0.5, 0.6) is 0 Å². The molecule has 0 radical (unpaired) electrons. The fourth-order valence-electron chi connectivity index (χ4n) is 4.72. The van der Waals surface area contributed by atoms with Gasteiger partial charge in [-0.3, -0.25) is 4.79 Å². The summed E-state index contributed by atoms with van der Waals surface area (Å²) in [6, 6.07) is 14.7. The first-order valence-corrected chi connectivity index (χ1v) is 11.8. The van der Waals surface area contributed by atoms with E-state index in [0.29, 0.717) is 12.8 Å². The minimum absolute atomic E-state index is 0.0759. The Balaban J connectivity index is 1.39. The summed E-state index contributed by atoms with van der Waals surface area (Å²) in [4.78, 5) is 36.9. The van der Waals surface area contributed by atoms with Gasteiger partial charge < -0.3 is 25.2 Å². The molecule has 0 bridgehead atoms. The third-order valence-electron chi connectivity index (χ3n) is 6.46. The first kappa shape index (κ1) is 23.8. The molecule has 0 aromatic heterocycles. The molecule has 180 valence electrons. The predicted octanol–water partition coefficient (Wildman–Crippen LogP) is 3.44. The molecular weight excluding hydrogens is 436 g/mol. The second-order valence-electron chi connectivity index (χ2n) is 8.70. The van der Waals surface area contributed by atoms with Crippen molar-refractivity contribution in [2.75, 3.05) is 13.2 Å². The van der Waals surface area contributed by atoms with E-state index in [0.717, 1.165) is 35.1 Å². The lowest BCUT2D eigenvalue weighted by Crippen LogP contribution is -2.52. The number of carbonyl (C=O) groups is 3. The maximum Gasteiger partial charge on any atom is 0.407 e. The van der Waals surface area contributed by atoms with Crippen LogP contribution >= 0.6 is 0 Å². The Bertz CT molecular complexity index is 1010. The number of nitrogens with one attached hydrogen (secondary N) is 2. The Morgan fingerprint density at radius 3 is 2.35 bits per heavy atom. The van der Waals surface area contributed by atoms with Gasteiger partial charge in [0.25, 0.3) is 0 Å². The number of hydrogen-bond donors (Lipinski definition) is 3. The van der Waals surface area contributed by atoms with Gasteiger partial charge in [-0.1, -0.05) is 68.3 Å². The average Bonchev–Trinajstić information content (AvgIpc) is 3.43. The van der Waals surface area contributed by atoms with E-state index in [4.69, 9.17) is 9.47 Å². The average molecular weight is 467 g/mol. The second kappa shape index (κ2) is 10.7. The Kier molecular flexibility index (Phi) is 7.47. The van der Waals surface area contributed by atoms with Gasteiger partial charge in [0.05, 0.1) is 6.04 Å². The molecule has 3 N–H and O–H groups in total. The zero-order chi connectivity index (χ0) is 24.1. The summed E-state index contributed by atoms with van der Waals surface area (Å²) in [5.41, 5.74) is 4.49. The monoisotopic (exact) mass is 466 g/mol. The van der Waals surface area contributed by atoms with Crippen molar-refractivity contribution in [1.29, 1.82) is 0 Å². The van der Waals surface area contributed by atoms with Crippen LogP contribution in [0.25, 0.3) is 11.1 Å². The fourth-order valence-corrected chi connectivity index (χ4v) is 4.72. The largest absolute Gasteiger partial charge is 0.479 e. The maximum absolute atomic E-state index is 12.9. The van der Waals surface area contributed by atoms with Gasteiger partial charge in [-0.25, -0.2) is 9.59 Å². The van der Waals surface area contributed by atoms with Crippen molar-refractivity contribution in [3.8, 4) is 11.1 Å². The molecule has 2 aromatic carbocycles. The number of rotatable bonds is 9. The zero-order valence-corrected chi connectivity index (χ0v) is 19.2. The number of carboxylic acid groups (broad SMARTS) is 1. The van der Waals surface area contributed by atoms with Gasteiger partial charge in [0.15, 0.2) is 6.10 Å². The maximum atomic E-state index is 12.9. The minimum atomic E-state index is -1.11. The van der Waals surface area contributed by atoms with Crippen LogP contribution in [-0.2, 0) is 19.1 Å². The molecule has 8 nitrogen and oxygen atoms in total. The lowest BCUT2D eigenvalue weighted by Gasteiger charge is -2.22. The van der Waals surface area contributed by atoms with Gasteiger partial charge in [-0.15, -0.1) is 0 Å². The van der Waals surface area contributed by atoms with Crippen LogP contribution in [0.4, 0.5) is 4.79 Å². The molecule has 0 saturated carbocycles. The van der Waals surface area contributed by atoms with Crippen LogP contribution in [0, 0.1) is 0 Å². The Labute approximate surface area is 198 Å². The van der Waals surface area contributed by atoms with Gasteiger partial charge >= 0.3 is 12.1 Å². The zero-order valence-electron chi connectivity index (χ0n) is 19.2.